The van der Waals surface area contributed by atoms with E-state index in [9.17, 15) is 9.90 Å². The van der Waals surface area contributed by atoms with E-state index in [0.717, 1.165) is 36.3 Å². The summed E-state index contributed by atoms with van der Waals surface area (Å²) in [6, 6.07) is 7.66. The van der Waals surface area contributed by atoms with Gasteiger partial charge in [0.05, 0.1) is 18.3 Å². The van der Waals surface area contributed by atoms with E-state index in [0.29, 0.717) is 6.42 Å². The van der Waals surface area contributed by atoms with Crippen LogP contribution >= 0.6 is 11.6 Å². The molecule has 1 saturated carbocycles. The van der Waals surface area contributed by atoms with Gasteiger partial charge in [-0.3, -0.25) is 9.48 Å². The molecule has 3 rings (SSSR count). The maximum absolute atomic E-state index is 12.4. The Morgan fingerprint density at radius 2 is 2.12 bits per heavy atom. The van der Waals surface area contributed by atoms with Gasteiger partial charge in [0.2, 0.25) is 5.91 Å². The number of carbonyl (C=O) groups is 1. The van der Waals surface area contributed by atoms with E-state index < -0.39 is 0 Å². The molecule has 25 heavy (non-hydrogen) atoms. The first-order valence-corrected chi connectivity index (χ1v) is 9.09. The lowest BCUT2D eigenvalue weighted by molar-refractivity contribution is -0.123. The van der Waals surface area contributed by atoms with Crippen molar-refractivity contribution in [1.29, 1.82) is 0 Å². The molecule has 1 amide bonds. The number of aryl methyl sites for hydroxylation is 2. The van der Waals surface area contributed by atoms with Crippen LogP contribution in [0.25, 0.3) is 0 Å². The van der Waals surface area contributed by atoms with Gasteiger partial charge in [-0.15, -0.1) is 0 Å². The first-order chi connectivity index (χ1) is 12.0. The van der Waals surface area contributed by atoms with E-state index in [1.165, 1.54) is 5.56 Å². The summed E-state index contributed by atoms with van der Waals surface area (Å²) in [6.45, 7) is 0. The van der Waals surface area contributed by atoms with Crippen molar-refractivity contribution >= 4 is 17.5 Å². The zero-order valence-electron chi connectivity index (χ0n) is 14.4. The van der Waals surface area contributed by atoms with Crippen molar-refractivity contribution in [2.45, 2.75) is 44.2 Å². The average molecular weight is 362 g/mol. The fraction of sp³-hybridized carbons (Fsp3) is 0.474. The van der Waals surface area contributed by atoms with E-state index in [-0.39, 0.29) is 24.0 Å². The van der Waals surface area contributed by atoms with E-state index >= 15 is 0 Å². The number of hydrogen-bond donors (Lipinski definition) is 2. The third-order valence-corrected chi connectivity index (χ3v) is 5.06. The fourth-order valence-corrected chi connectivity index (χ4v) is 3.45. The van der Waals surface area contributed by atoms with Crippen LogP contribution < -0.4 is 5.32 Å². The smallest absolute Gasteiger partial charge is 0.220 e. The number of aliphatic hydroxyl groups excluding tert-OH is 1. The maximum Gasteiger partial charge on any atom is 0.220 e. The Bertz CT molecular complexity index is 708. The minimum Gasteiger partial charge on any atom is -0.393 e. The van der Waals surface area contributed by atoms with Crippen LogP contribution in [0.5, 0.6) is 0 Å². The van der Waals surface area contributed by atoms with Gasteiger partial charge >= 0.3 is 0 Å². The van der Waals surface area contributed by atoms with Crippen LogP contribution in [0.4, 0.5) is 0 Å². The topological polar surface area (TPSA) is 67.2 Å². The Kier molecular flexibility index (Phi) is 5.76. The summed E-state index contributed by atoms with van der Waals surface area (Å²) in [5.41, 5.74) is 2.19. The largest absolute Gasteiger partial charge is 0.393 e. The van der Waals surface area contributed by atoms with Crippen LogP contribution in [0, 0.1) is 5.92 Å². The SMILES string of the molecule is Cn1cc(C(NC(=O)CCCc2ccc(Cl)cc2)C2CC(O)C2)cn1. The summed E-state index contributed by atoms with van der Waals surface area (Å²) < 4.78 is 1.74. The van der Waals surface area contributed by atoms with Crippen LogP contribution in [0.15, 0.2) is 36.7 Å². The molecule has 1 fully saturated rings. The lowest BCUT2D eigenvalue weighted by Gasteiger charge is -2.37. The van der Waals surface area contributed by atoms with Gasteiger partial charge in [-0.2, -0.15) is 5.10 Å². The lowest BCUT2D eigenvalue weighted by Crippen LogP contribution is -2.41. The van der Waals surface area contributed by atoms with Gasteiger partial charge in [-0.1, -0.05) is 23.7 Å². The number of benzene rings is 1. The summed E-state index contributed by atoms with van der Waals surface area (Å²) in [5.74, 6) is 0.323. The highest BCUT2D eigenvalue weighted by atomic mass is 35.5. The van der Waals surface area contributed by atoms with Crippen molar-refractivity contribution in [2.24, 2.45) is 13.0 Å². The standard InChI is InChI=1S/C19H24ClN3O2/c1-23-12-15(11-21-23)19(14-9-17(24)10-14)22-18(25)4-2-3-13-5-7-16(20)8-6-13/h5-8,11-12,14,17,19,24H,2-4,9-10H2,1H3,(H,22,25). The van der Waals surface area contributed by atoms with Crippen molar-refractivity contribution < 1.29 is 9.90 Å². The molecule has 0 bridgehead atoms. The third-order valence-electron chi connectivity index (χ3n) is 4.80. The molecule has 1 heterocycles. The molecule has 0 spiro atoms. The van der Waals surface area contributed by atoms with Gasteiger partial charge in [0, 0.05) is 30.3 Å². The van der Waals surface area contributed by atoms with E-state index in [1.807, 2.05) is 37.5 Å². The molecule has 0 radical (unpaired) electrons. The van der Waals surface area contributed by atoms with Crippen LogP contribution in [-0.2, 0) is 18.3 Å². The molecular weight excluding hydrogens is 338 g/mol. The predicted molar refractivity (Wildman–Crippen MR) is 97.2 cm³/mol. The van der Waals surface area contributed by atoms with Crippen molar-refractivity contribution in [3.63, 3.8) is 0 Å². The molecule has 134 valence electrons. The molecular formula is C19H24ClN3O2. The molecule has 1 aromatic heterocycles. The number of amides is 1. The number of halogens is 1. The quantitative estimate of drug-likeness (QED) is 0.796. The zero-order valence-corrected chi connectivity index (χ0v) is 15.1. The first-order valence-electron chi connectivity index (χ1n) is 8.71. The molecule has 1 unspecified atom stereocenters. The highest BCUT2D eigenvalue weighted by Crippen LogP contribution is 2.38. The molecule has 0 aliphatic heterocycles. The second-order valence-corrected chi connectivity index (χ2v) is 7.29. The molecule has 1 aliphatic carbocycles. The van der Waals surface area contributed by atoms with Crippen LogP contribution in [0.1, 0.15) is 42.9 Å². The Balaban J connectivity index is 1.52. The summed E-state index contributed by atoms with van der Waals surface area (Å²) in [4.78, 5) is 12.4. The number of aromatic nitrogens is 2. The number of rotatable bonds is 7. The van der Waals surface area contributed by atoms with Crippen molar-refractivity contribution in [1.82, 2.24) is 15.1 Å². The maximum atomic E-state index is 12.4. The Morgan fingerprint density at radius 1 is 1.40 bits per heavy atom. The van der Waals surface area contributed by atoms with Crippen molar-refractivity contribution in [2.75, 3.05) is 0 Å². The zero-order chi connectivity index (χ0) is 17.8. The summed E-state index contributed by atoms with van der Waals surface area (Å²) in [5, 5.41) is 17.7. The van der Waals surface area contributed by atoms with E-state index in [4.69, 9.17) is 11.6 Å². The molecule has 2 N–H and O–H groups in total. The Labute approximate surface area is 153 Å². The van der Waals surface area contributed by atoms with Crippen LogP contribution in [0.3, 0.4) is 0 Å². The molecule has 0 saturated heterocycles. The normalized spacial score (nSPS) is 20.8. The highest BCUT2D eigenvalue weighted by molar-refractivity contribution is 6.30. The molecule has 1 aromatic carbocycles. The summed E-state index contributed by atoms with van der Waals surface area (Å²) in [6.07, 6.45) is 7.06. The van der Waals surface area contributed by atoms with Crippen molar-refractivity contribution in [3.8, 4) is 0 Å². The minimum atomic E-state index is -0.244. The van der Waals surface area contributed by atoms with Gasteiger partial charge in [0.15, 0.2) is 0 Å². The third kappa shape index (κ3) is 4.83. The highest BCUT2D eigenvalue weighted by Gasteiger charge is 2.36. The average Bonchev–Trinajstić information content (AvgIpc) is 2.98. The fourth-order valence-electron chi connectivity index (χ4n) is 3.33. The lowest BCUT2D eigenvalue weighted by atomic mass is 9.75. The van der Waals surface area contributed by atoms with Gasteiger partial charge in [0.25, 0.3) is 0 Å². The van der Waals surface area contributed by atoms with Gasteiger partial charge < -0.3 is 10.4 Å². The number of carbonyl (C=O) groups excluding carboxylic acids is 1. The second-order valence-electron chi connectivity index (χ2n) is 6.86. The predicted octanol–water partition coefficient (Wildman–Crippen LogP) is 3.02. The number of nitrogens with one attached hydrogen (secondary N) is 1. The number of hydrogen-bond acceptors (Lipinski definition) is 3. The van der Waals surface area contributed by atoms with E-state index in [2.05, 4.69) is 10.4 Å². The monoisotopic (exact) mass is 361 g/mol. The summed E-state index contributed by atoms with van der Waals surface area (Å²) >= 11 is 5.88. The van der Waals surface area contributed by atoms with Crippen LogP contribution in [-0.4, -0.2) is 26.9 Å². The molecule has 1 atom stereocenters. The molecule has 2 aromatic rings. The minimum absolute atomic E-state index is 0.0456. The molecule has 6 heteroatoms. The van der Waals surface area contributed by atoms with E-state index in [1.54, 1.807) is 10.9 Å². The van der Waals surface area contributed by atoms with Gasteiger partial charge in [0.1, 0.15) is 0 Å². The second kappa shape index (κ2) is 8.02. The Morgan fingerprint density at radius 3 is 2.72 bits per heavy atom. The van der Waals surface area contributed by atoms with Gasteiger partial charge in [-0.05, 0) is 49.3 Å². The first kappa shape index (κ1) is 18.0. The number of aliphatic hydroxyl groups is 1. The Hall–Kier alpha value is -1.85. The summed E-state index contributed by atoms with van der Waals surface area (Å²) in [7, 11) is 1.87. The van der Waals surface area contributed by atoms with Gasteiger partial charge in [-0.25, -0.2) is 0 Å². The molecule has 5 nitrogen and oxygen atoms in total. The molecule has 1 aliphatic rings. The van der Waals surface area contributed by atoms with Crippen molar-refractivity contribution in [3.05, 3.63) is 52.8 Å². The number of nitrogens with zero attached hydrogens (tertiary/aromatic N) is 2. The van der Waals surface area contributed by atoms with Crippen LogP contribution in [0.2, 0.25) is 5.02 Å².